The summed E-state index contributed by atoms with van der Waals surface area (Å²) in [6.07, 6.45) is 0. The van der Waals surface area contributed by atoms with Crippen molar-refractivity contribution in [3.63, 3.8) is 0 Å². The van der Waals surface area contributed by atoms with Gasteiger partial charge < -0.3 is 20.1 Å². The summed E-state index contributed by atoms with van der Waals surface area (Å²) in [6, 6.07) is 4.87. The van der Waals surface area contributed by atoms with Crippen molar-refractivity contribution in [3.8, 4) is 11.5 Å². The molecule has 2 N–H and O–H groups in total. The van der Waals surface area contributed by atoms with Crippen molar-refractivity contribution in [3.05, 3.63) is 23.8 Å². The van der Waals surface area contributed by atoms with Crippen molar-refractivity contribution in [2.75, 3.05) is 13.7 Å². The van der Waals surface area contributed by atoms with Crippen LogP contribution in [0.2, 0.25) is 0 Å². The predicted molar refractivity (Wildman–Crippen MR) is 87.3 cm³/mol. The highest BCUT2D eigenvalue weighted by Gasteiger charge is 2.13. The molecule has 130 valence electrons. The molecule has 1 rings (SSSR count). The third-order valence-electron chi connectivity index (χ3n) is 2.70. The normalized spacial score (nSPS) is 12.3. The van der Waals surface area contributed by atoms with E-state index in [2.05, 4.69) is 20.4 Å². The second-order valence-corrected chi connectivity index (χ2v) is 5.89. The van der Waals surface area contributed by atoms with Crippen LogP contribution in [0.4, 0.5) is 8.78 Å². The van der Waals surface area contributed by atoms with Gasteiger partial charge in [0.15, 0.2) is 17.5 Å². The fourth-order valence-electron chi connectivity index (χ4n) is 1.84. The first-order valence-electron chi connectivity index (χ1n) is 7.44. The zero-order valence-corrected chi connectivity index (χ0v) is 14.2. The van der Waals surface area contributed by atoms with Gasteiger partial charge in [-0.05, 0) is 45.4 Å². The average molecular weight is 329 g/mol. The number of guanidine groups is 1. The molecule has 5 nitrogen and oxygen atoms in total. The molecule has 0 saturated heterocycles. The van der Waals surface area contributed by atoms with Crippen molar-refractivity contribution in [1.29, 1.82) is 0 Å². The highest BCUT2D eigenvalue weighted by Crippen LogP contribution is 2.29. The van der Waals surface area contributed by atoms with Crippen molar-refractivity contribution in [2.45, 2.75) is 46.4 Å². The maximum atomic E-state index is 12.4. The molecule has 1 aromatic carbocycles. The molecule has 0 unspecified atom stereocenters. The molecule has 0 aliphatic heterocycles. The molecule has 0 heterocycles. The SMILES string of the molecule is CCOc1cc(CNC(=NC)NC(C)(C)C)ccc1OC(F)F. The van der Waals surface area contributed by atoms with E-state index in [9.17, 15) is 8.78 Å². The summed E-state index contributed by atoms with van der Waals surface area (Å²) in [4.78, 5) is 4.14. The van der Waals surface area contributed by atoms with E-state index >= 15 is 0 Å². The molecule has 0 spiro atoms. The first kappa shape index (κ1) is 19.0. The first-order chi connectivity index (χ1) is 10.7. The van der Waals surface area contributed by atoms with Gasteiger partial charge >= 0.3 is 6.61 Å². The minimum absolute atomic E-state index is 0.0304. The highest BCUT2D eigenvalue weighted by atomic mass is 19.3. The zero-order chi connectivity index (χ0) is 17.5. The van der Waals surface area contributed by atoms with Gasteiger partial charge in [-0.3, -0.25) is 4.99 Å². The lowest BCUT2D eigenvalue weighted by Gasteiger charge is -2.23. The number of ether oxygens (including phenoxy) is 2. The van der Waals surface area contributed by atoms with Crippen LogP contribution in [0.1, 0.15) is 33.3 Å². The highest BCUT2D eigenvalue weighted by molar-refractivity contribution is 5.80. The summed E-state index contributed by atoms with van der Waals surface area (Å²) in [7, 11) is 1.69. The topological polar surface area (TPSA) is 54.9 Å². The number of rotatable bonds is 6. The minimum atomic E-state index is -2.88. The molecule has 7 heteroatoms. The van der Waals surface area contributed by atoms with E-state index in [4.69, 9.17) is 4.74 Å². The van der Waals surface area contributed by atoms with E-state index in [1.54, 1.807) is 26.1 Å². The Bertz CT molecular complexity index is 529. The summed E-state index contributed by atoms with van der Waals surface area (Å²) in [5.41, 5.74) is 0.750. The van der Waals surface area contributed by atoms with Gasteiger partial charge in [0, 0.05) is 19.1 Å². The Kier molecular flexibility index (Phi) is 7.06. The van der Waals surface area contributed by atoms with Gasteiger partial charge in [-0.2, -0.15) is 8.78 Å². The Hall–Kier alpha value is -2.05. The number of hydrogen-bond donors (Lipinski definition) is 2. The van der Waals surface area contributed by atoms with Gasteiger partial charge in [0.1, 0.15) is 0 Å². The standard InChI is InChI=1S/C16H25F2N3O2/c1-6-22-13-9-11(7-8-12(13)23-14(17)18)10-20-15(19-5)21-16(2,3)4/h7-9,14H,6,10H2,1-5H3,(H2,19,20,21). The molecule has 0 radical (unpaired) electrons. The number of nitrogens with zero attached hydrogens (tertiary/aromatic N) is 1. The molecule has 0 amide bonds. The van der Waals surface area contributed by atoms with Crippen molar-refractivity contribution in [1.82, 2.24) is 10.6 Å². The molecule has 0 bridgehead atoms. The Balaban J connectivity index is 2.79. The van der Waals surface area contributed by atoms with Crippen LogP contribution in [0.3, 0.4) is 0 Å². The van der Waals surface area contributed by atoms with Gasteiger partial charge in [-0.1, -0.05) is 6.07 Å². The average Bonchev–Trinajstić information content (AvgIpc) is 2.44. The predicted octanol–water partition coefficient (Wildman–Crippen LogP) is 3.15. The van der Waals surface area contributed by atoms with Crippen LogP contribution in [-0.4, -0.2) is 31.8 Å². The summed E-state index contributed by atoms with van der Waals surface area (Å²) in [5, 5.41) is 6.40. The minimum Gasteiger partial charge on any atom is -0.490 e. The Morgan fingerprint density at radius 1 is 1.26 bits per heavy atom. The van der Waals surface area contributed by atoms with Crippen LogP contribution in [-0.2, 0) is 6.54 Å². The molecular weight excluding hydrogens is 304 g/mol. The second-order valence-electron chi connectivity index (χ2n) is 5.89. The number of nitrogens with one attached hydrogen (secondary N) is 2. The fraction of sp³-hybridized carbons (Fsp3) is 0.562. The molecular formula is C16H25F2N3O2. The van der Waals surface area contributed by atoms with Gasteiger partial charge in [-0.15, -0.1) is 0 Å². The lowest BCUT2D eigenvalue weighted by molar-refractivity contribution is -0.0514. The van der Waals surface area contributed by atoms with Crippen LogP contribution < -0.4 is 20.1 Å². The largest absolute Gasteiger partial charge is 0.490 e. The van der Waals surface area contributed by atoms with E-state index in [1.165, 1.54) is 6.07 Å². The number of hydrogen-bond acceptors (Lipinski definition) is 3. The Morgan fingerprint density at radius 2 is 1.96 bits per heavy atom. The summed E-state index contributed by atoms with van der Waals surface area (Å²) in [6.45, 7) is 5.84. The summed E-state index contributed by atoms with van der Waals surface area (Å²) in [5.74, 6) is 0.983. The smallest absolute Gasteiger partial charge is 0.387 e. The molecule has 0 aromatic heterocycles. The second kappa shape index (κ2) is 8.55. The molecule has 0 aliphatic carbocycles. The van der Waals surface area contributed by atoms with Crippen LogP contribution in [0, 0.1) is 0 Å². The molecule has 0 fully saturated rings. The third kappa shape index (κ3) is 7.17. The fourth-order valence-corrected chi connectivity index (χ4v) is 1.84. The number of alkyl halides is 2. The van der Waals surface area contributed by atoms with Crippen molar-refractivity contribution >= 4 is 5.96 Å². The quantitative estimate of drug-likeness (QED) is 0.622. The molecule has 0 saturated carbocycles. The molecule has 0 atom stereocenters. The van der Waals surface area contributed by atoms with E-state index in [0.717, 1.165) is 5.56 Å². The summed E-state index contributed by atoms with van der Waals surface area (Å²) >= 11 is 0. The first-order valence-corrected chi connectivity index (χ1v) is 7.44. The Labute approximate surface area is 136 Å². The van der Waals surface area contributed by atoms with Crippen molar-refractivity contribution in [2.24, 2.45) is 4.99 Å². The van der Waals surface area contributed by atoms with E-state index in [0.29, 0.717) is 24.9 Å². The number of aliphatic imine (C=N–C) groups is 1. The molecule has 1 aromatic rings. The molecule has 0 aliphatic rings. The van der Waals surface area contributed by atoms with Gasteiger partial charge in [0.2, 0.25) is 0 Å². The molecule has 23 heavy (non-hydrogen) atoms. The lowest BCUT2D eigenvalue weighted by Crippen LogP contribution is -2.47. The van der Waals surface area contributed by atoms with E-state index in [1.807, 2.05) is 20.8 Å². The van der Waals surface area contributed by atoms with Crippen LogP contribution in [0.5, 0.6) is 11.5 Å². The zero-order valence-electron chi connectivity index (χ0n) is 14.2. The van der Waals surface area contributed by atoms with Gasteiger partial charge in [0.25, 0.3) is 0 Å². The van der Waals surface area contributed by atoms with Crippen LogP contribution in [0.25, 0.3) is 0 Å². The maximum Gasteiger partial charge on any atom is 0.387 e. The van der Waals surface area contributed by atoms with E-state index < -0.39 is 6.61 Å². The monoisotopic (exact) mass is 329 g/mol. The van der Waals surface area contributed by atoms with Gasteiger partial charge in [-0.25, -0.2) is 0 Å². The van der Waals surface area contributed by atoms with E-state index in [-0.39, 0.29) is 11.3 Å². The number of halogens is 2. The Morgan fingerprint density at radius 3 is 2.48 bits per heavy atom. The van der Waals surface area contributed by atoms with Crippen LogP contribution >= 0.6 is 0 Å². The number of benzene rings is 1. The van der Waals surface area contributed by atoms with Gasteiger partial charge in [0.05, 0.1) is 6.61 Å². The third-order valence-corrected chi connectivity index (χ3v) is 2.70. The van der Waals surface area contributed by atoms with Crippen molar-refractivity contribution < 1.29 is 18.3 Å². The van der Waals surface area contributed by atoms with Crippen LogP contribution in [0.15, 0.2) is 23.2 Å². The summed E-state index contributed by atoms with van der Waals surface area (Å²) < 4.78 is 34.6. The lowest BCUT2D eigenvalue weighted by atomic mass is 10.1. The maximum absolute atomic E-state index is 12.4.